The van der Waals surface area contributed by atoms with E-state index in [-0.39, 0.29) is 19.3 Å². The van der Waals surface area contributed by atoms with Crippen molar-refractivity contribution >= 4 is 17.9 Å². The molecule has 0 aromatic carbocycles. The Kier molecular flexibility index (Phi) is 6.32. The summed E-state index contributed by atoms with van der Waals surface area (Å²) in [4.78, 5) is 37.4. The SMILES string of the molecule is CC(C)(C)OC(=O)C(CCCC(=O)O)C(=O)ON. The van der Waals surface area contributed by atoms with Gasteiger partial charge in [-0.2, -0.15) is 5.90 Å². The van der Waals surface area contributed by atoms with E-state index in [0.29, 0.717) is 0 Å². The maximum Gasteiger partial charge on any atom is 0.338 e. The quantitative estimate of drug-likeness (QED) is 0.409. The Balaban J connectivity index is 4.53. The van der Waals surface area contributed by atoms with Gasteiger partial charge in [-0.05, 0) is 33.6 Å². The summed E-state index contributed by atoms with van der Waals surface area (Å²) in [6, 6.07) is 0. The second kappa shape index (κ2) is 6.95. The Hall–Kier alpha value is -1.63. The smallest absolute Gasteiger partial charge is 0.338 e. The molecule has 7 heteroatoms. The molecule has 18 heavy (non-hydrogen) atoms. The van der Waals surface area contributed by atoms with Crippen molar-refractivity contribution in [3.05, 3.63) is 0 Å². The summed E-state index contributed by atoms with van der Waals surface area (Å²) in [6.45, 7) is 4.98. The molecule has 0 rings (SSSR count). The van der Waals surface area contributed by atoms with Crippen LogP contribution in [0.1, 0.15) is 40.0 Å². The lowest BCUT2D eigenvalue weighted by Gasteiger charge is -2.22. The van der Waals surface area contributed by atoms with Gasteiger partial charge in [0.15, 0.2) is 5.92 Å². The lowest BCUT2D eigenvalue weighted by atomic mass is 10.0. The second-order valence-corrected chi connectivity index (χ2v) is 4.81. The first-order valence-corrected chi connectivity index (χ1v) is 5.52. The molecule has 1 unspecified atom stereocenters. The number of esters is 1. The van der Waals surface area contributed by atoms with Crippen LogP contribution in [0.15, 0.2) is 0 Å². The Morgan fingerprint density at radius 3 is 2.17 bits per heavy atom. The van der Waals surface area contributed by atoms with Crippen molar-refractivity contribution in [2.24, 2.45) is 11.8 Å². The fraction of sp³-hybridized carbons (Fsp3) is 0.727. The van der Waals surface area contributed by atoms with Gasteiger partial charge in [0.1, 0.15) is 5.60 Å². The second-order valence-electron chi connectivity index (χ2n) is 4.81. The van der Waals surface area contributed by atoms with Gasteiger partial charge in [-0.1, -0.05) is 0 Å². The molecular weight excluding hydrogens is 242 g/mol. The maximum atomic E-state index is 11.7. The normalized spacial score (nSPS) is 12.7. The van der Waals surface area contributed by atoms with Crippen LogP contribution in [-0.2, 0) is 24.0 Å². The predicted molar refractivity (Wildman–Crippen MR) is 61.1 cm³/mol. The summed E-state index contributed by atoms with van der Waals surface area (Å²) in [6.07, 6.45) is 0.0444. The van der Waals surface area contributed by atoms with Gasteiger partial charge in [-0.15, -0.1) is 0 Å². The van der Waals surface area contributed by atoms with Crippen molar-refractivity contribution in [3.63, 3.8) is 0 Å². The minimum Gasteiger partial charge on any atom is -0.481 e. The molecule has 0 saturated heterocycles. The van der Waals surface area contributed by atoms with E-state index >= 15 is 0 Å². The van der Waals surface area contributed by atoms with Gasteiger partial charge in [0.2, 0.25) is 0 Å². The Labute approximate surface area is 105 Å². The zero-order chi connectivity index (χ0) is 14.3. The van der Waals surface area contributed by atoms with Crippen LogP contribution in [0.2, 0.25) is 0 Å². The fourth-order valence-electron chi connectivity index (χ4n) is 1.24. The van der Waals surface area contributed by atoms with E-state index in [0.717, 1.165) is 0 Å². The molecule has 0 fully saturated rings. The van der Waals surface area contributed by atoms with Crippen molar-refractivity contribution in [1.29, 1.82) is 0 Å². The number of nitrogens with two attached hydrogens (primary N) is 1. The van der Waals surface area contributed by atoms with Gasteiger partial charge in [0.25, 0.3) is 0 Å². The van der Waals surface area contributed by atoms with E-state index in [1.165, 1.54) is 0 Å². The molecule has 0 radical (unpaired) electrons. The zero-order valence-corrected chi connectivity index (χ0v) is 10.8. The highest BCUT2D eigenvalue weighted by molar-refractivity contribution is 5.94. The minimum absolute atomic E-state index is 0.0250. The lowest BCUT2D eigenvalue weighted by Crippen LogP contribution is -2.34. The molecule has 0 bridgehead atoms. The van der Waals surface area contributed by atoms with Crippen LogP contribution in [0, 0.1) is 5.92 Å². The first-order valence-electron chi connectivity index (χ1n) is 5.52. The van der Waals surface area contributed by atoms with Crippen LogP contribution in [0.3, 0.4) is 0 Å². The number of carbonyl (C=O) groups is 3. The van der Waals surface area contributed by atoms with Crippen LogP contribution >= 0.6 is 0 Å². The molecule has 0 aromatic rings. The first-order chi connectivity index (χ1) is 8.17. The lowest BCUT2D eigenvalue weighted by molar-refractivity contribution is -0.170. The molecule has 0 amide bonds. The predicted octanol–water partition coefficient (Wildman–Crippen LogP) is 0.616. The molecule has 0 aliphatic rings. The minimum atomic E-state index is -1.19. The first kappa shape index (κ1) is 16.4. The molecule has 3 N–H and O–H groups in total. The summed E-state index contributed by atoms with van der Waals surface area (Å²) in [7, 11) is 0. The fourth-order valence-corrected chi connectivity index (χ4v) is 1.24. The Morgan fingerprint density at radius 1 is 1.22 bits per heavy atom. The van der Waals surface area contributed by atoms with Crippen molar-refractivity contribution in [3.8, 4) is 0 Å². The monoisotopic (exact) mass is 261 g/mol. The zero-order valence-electron chi connectivity index (χ0n) is 10.8. The topological polar surface area (TPSA) is 116 Å². The molecule has 0 saturated carbocycles. The van der Waals surface area contributed by atoms with Gasteiger partial charge in [0, 0.05) is 6.42 Å². The number of hydrogen-bond acceptors (Lipinski definition) is 6. The number of carbonyl (C=O) groups excluding carboxylic acids is 2. The number of aliphatic carboxylic acids is 1. The van der Waals surface area contributed by atoms with Gasteiger partial charge in [0.05, 0.1) is 0 Å². The highest BCUT2D eigenvalue weighted by Gasteiger charge is 2.32. The van der Waals surface area contributed by atoms with Crippen molar-refractivity contribution in [1.82, 2.24) is 0 Å². The number of carboxylic acid groups (broad SMARTS) is 1. The third kappa shape index (κ3) is 6.85. The summed E-state index contributed by atoms with van der Waals surface area (Å²) in [5, 5.41) is 8.49. The number of ether oxygens (including phenoxy) is 1. The van der Waals surface area contributed by atoms with Crippen LogP contribution in [0.25, 0.3) is 0 Å². The van der Waals surface area contributed by atoms with Crippen LogP contribution in [0.4, 0.5) is 0 Å². The number of carboxylic acids is 1. The van der Waals surface area contributed by atoms with Gasteiger partial charge >= 0.3 is 17.9 Å². The van der Waals surface area contributed by atoms with Crippen LogP contribution < -0.4 is 5.90 Å². The van der Waals surface area contributed by atoms with Crippen molar-refractivity contribution in [2.75, 3.05) is 0 Å². The molecule has 0 heterocycles. The molecule has 0 spiro atoms. The highest BCUT2D eigenvalue weighted by atomic mass is 16.7. The summed E-state index contributed by atoms with van der Waals surface area (Å²) >= 11 is 0. The number of rotatable bonds is 6. The van der Waals surface area contributed by atoms with Crippen LogP contribution in [0.5, 0.6) is 0 Å². The number of hydrogen-bond donors (Lipinski definition) is 2. The third-order valence-corrected chi connectivity index (χ3v) is 1.98. The molecular formula is C11H19NO6. The Morgan fingerprint density at radius 2 is 1.78 bits per heavy atom. The molecule has 104 valence electrons. The van der Waals surface area contributed by atoms with Crippen molar-refractivity contribution in [2.45, 2.75) is 45.6 Å². The standard InChI is InChI=1S/C11H19NO6/c1-11(2,3)17-9(15)7(10(16)18-12)5-4-6-8(13)14/h7H,4-6,12H2,1-3H3,(H,13,14). The average Bonchev–Trinajstić information content (AvgIpc) is 2.20. The van der Waals surface area contributed by atoms with Gasteiger partial charge in [-0.3, -0.25) is 9.59 Å². The van der Waals surface area contributed by atoms with E-state index in [2.05, 4.69) is 4.84 Å². The molecule has 0 aromatic heterocycles. The molecule has 0 aliphatic carbocycles. The molecule has 1 atom stereocenters. The maximum absolute atomic E-state index is 11.7. The van der Waals surface area contributed by atoms with E-state index < -0.39 is 29.4 Å². The van der Waals surface area contributed by atoms with E-state index in [4.69, 9.17) is 15.7 Å². The van der Waals surface area contributed by atoms with E-state index in [1.54, 1.807) is 20.8 Å². The van der Waals surface area contributed by atoms with E-state index in [1.807, 2.05) is 0 Å². The van der Waals surface area contributed by atoms with E-state index in [9.17, 15) is 14.4 Å². The summed E-state index contributed by atoms with van der Waals surface area (Å²) in [5.74, 6) is 0.863. The summed E-state index contributed by atoms with van der Waals surface area (Å²) in [5.41, 5.74) is -0.739. The van der Waals surface area contributed by atoms with Crippen molar-refractivity contribution < 1.29 is 29.1 Å². The average molecular weight is 261 g/mol. The molecule has 0 aliphatic heterocycles. The van der Waals surface area contributed by atoms with Crippen LogP contribution in [-0.4, -0.2) is 28.6 Å². The molecule has 7 nitrogen and oxygen atoms in total. The van der Waals surface area contributed by atoms with Gasteiger partial charge < -0.3 is 14.7 Å². The summed E-state index contributed by atoms with van der Waals surface area (Å²) < 4.78 is 5.04. The van der Waals surface area contributed by atoms with Gasteiger partial charge in [-0.25, -0.2) is 4.79 Å². The third-order valence-electron chi connectivity index (χ3n) is 1.98. The Bertz CT molecular complexity index is 320. The largest absolute Gasteiger partial charge is 0.481 e. The highest BCUT2D eigenvalue weighted by Crippen LogP contribution is 2.17.